The fraction of sp³-hybridized carbons (Fsp3) is 0.0833. The van der Waals surface area contributed by atoms with Gasteiger partial charge < -0.3 is 4.42 Å². The average Bonchev–Trinajstić information content (AvgIpc) is 2.87. The van der Waals surface area contributed by atoms with Crippen LogP contribution in [0.5, 0.6) is 0 Å². The van der Waals surface area contributed by atoms with Crippen molar-refractivity contribution in [3.8, 4) is 17.3 Å². The molecule has 0 atom stereocenters. The Hall–Kier alpha value is -2.33. The third kappa shape index (κ3) is 1.77. The number of hydrogen-bond acceptors (Lipinski definition) is 4. The molecule has 0 saturated carbocycles. The molecule has 0 amide bonds. The lowest BCUT2D eigenvalue weighted by Crippen LogP contribution is -1.94. The fourth-order valence-electron chi connectivity index (χ4n) is 1.98. The third-order valence-electron chi connectivity index (χ3n) is 2.79. The van der Waals surface area contributed by atoms with E-state index in [1.807, 2.05) is 12.1 Å². The Bertz CT molecular complexity index is 881. The standard InChI is InChI=1S/C12H7BrN4O2/c1-17-11(10(13)8(5-14)16-17)6-2-3-9-7(4-6)15-12(18)19-9/h2-4H,1H3,(H,15,18). The first-order valence-corrected chi connectivity index (χ1v) is 6.15. The zero-order valence-electron chi connectivity index (χ0n) is 9.77. The molecule has 1 aromatic carbocycles. The molecule has 19 heavy (non-hydrogen) atoms. The molecule has 3 aromatic rings. The first kappa shape index (κ1) is 11.7. The maximum atomic E-state index is 11.1. The van der Waals surface area contributed by atoms with Gasteiger partial charge in [-0.3, -0.25) is 9.67 Å². The van der Waals surface area contributed by atoms with Crippen LogP contribution in [0.15, 0.2) is 31.9 Å². The van der Waals surface area contributed by atoms with E-state index >= 15 is 0 Å². The number of halogens is 1. The molecular weight excluding hydrogens is 312 g/mol. The summed E-state index contributed by atoms with van der Waals surface area (Å²) in [6.07, 6.45) is 0. The molecule has 0 unspecified atom stereocenters. The van der Waals surface area contributed by atoms with Crippen LogP contribution in [0.25, 0.3) is 22.4 Å². The lowest BCUT2D eigenvalue weighted by molar-refractivity contribution is 0.555. The molecule has 0 aliphatic carbocycles. The molecule has 0 spiro atoms. The van der Waals surface area contributed by atoms with Crippen molar-refractivity contribution in [1.29, 1.82) is 5.26 Å². The Morgan fingerprint density at radius 1 is 1.53 bits per heavy atom. The molecule has 0 aliphatic heterocycles. The number of aromatic nitrogens is 3. The smallest absolute Gasteiger partial charge is 0.408 e. The molecule has 7 heteroatoms. The van der Waals surface area contributed by atoms with Gasteiger partial charge in [0.1, 0.15) is 6.07 Å². The largest absolute Gasteiger partial charge is 0.417 e. The highest BCUT2D eigenvalue weighted by atomic mass is 79.9. The van der Waals surface area contributed by atoms with Crippen LogP contribution < -0.4 is 5.76 Å². The van der Waals surface area contributed by atoms with E-state index in [9.17, 15) is 4.79 Å². The molecule has 0 fully saturated rings. The van der Waals surface area contributed by atoms with Crippen molar-refractivity contribution in [2.75, 3.05) is 0 Å². The Balaban J connectivity index is 2.27. The molecule has 6 nitrogen and oxygen atoms in total. The van der Waals surface area contributed by atoms with Crippen molar-refractivity contribution in [2.45, 2.75) is 0 Å². The zero-order valence-corrected chi connectivity index (χ0v) is 11.4. The molecule has 3 rings (SSSR count). The van der Waals surface area contributed by atoms with Crippen LogP contribution in [-0.4, -0.2) is 14.8 Å². The summed E-state index contributed by atoms with van der Waals surface area (Å²) in [5.74, 6) is -0.492. The van der Waals surface area contributed by atoms with Gasteiger partial charge in [0, 0.05) is 12.6 Å². The summed E-state index contributed by atoms with van der Waals surface area (Å²) in [6, 6.07) is 7.30. The number of aromatic amines is 1. The van der Waals surface area contributed by atoms with Crippen LogP contribution in [0.1, 0.15) is 5.69 Å². The van der Waals surface area contributed by atoms with Crippen molar-refractivity contribution in [3.05, 3.63) is 38.9 Å². The van der Waals surface area contributed by atoms with Crippen LogP contribution in [-0.2, 0) is 7.05 Å². The predicted octanol–water partition coefficient (Wildman–Crippen LogP) is 2.16. The van der Waals surface area contributed by atoms with Gasteiger partial charge >= 0.3 is 5.76 Å². The normalized spacial score (nSPS) is 10.8. The number of nitriles is 1. The van der Waals surface area contributed by atoms with E-state index in [1.165, 1.54) is 0 Å². The number of aryl methyl sites for hydroxylation is 1. The lowest BCUT2D eigenvalue weighted by Gasteiger charge is -2.02. The number of benzene rings is 1. The van der Waals surface area contributed by atoms with E-state index in [0.717, 1.165) is 11.3 Å². The number of H-pyrrole nitrogens is 1. The predicted molar refractivity (Wildman–Crippen MR) is 71.5 cm³/mol. The zero-order chi connectivity index (χ0) is 13.6. The molecular formula is C12H7BrN4O2. The van der Waals surface area contributed by atoms with Gasteiger partial charge in [-0.1, -0.05) is 0 Å². The molecule has 1 N–H and O–H groups in total. The minimum absolute atomic E-state index is 0.318. The Morgan fingerprint density at radius 3 is 3.00 bits per heavy atom. The summed E-state index contributed by atoms with van der Waals surface area (Å²) < 4.78 is 7.19. The van der Waals surface area contributed by atoms with E-state index in [0.29, 0.717) is 21.3 Å². The third-order valence-corrected chi connectivity index (χ3v) is 3.54. The maximum Gasteiger partial charge on any atom is 0.417 e. The SMILES string of the molecule is Cn1nc(C#N)c(Br)c1-c1ccc2oc(=O)[nH]c2c1. The first-order valence-electron chi connectivity index (χ1n) is 5.36. The molecule has 0 aliphatic rings. The van der Waals surface area contributed by atoms with Crippen LogP contribution in [0.4, 0.5) is 0 Å². The minimum Gasteiger partial charge on any atom is -0.408 e. The summed E-state index contributed by atoms with van der Waals surface area (Å²) in [4.78, 5) is 13.7. The quantitative estimate of drug-likeness (QED) is 0.744. The van der Waals surface area contributed by atoms with Gasteiger partial charge in [0.2, 0.25) is 0 Å². The monoisotopic (exact) mass is 318 g/mol. The maximum absolute atomic E-state index is 11.1. The summed E-state index contributed by atoms with van der Waals surface area (Å²) in [6.45, 7) is 0. The first-order chi connectivity index (χ1) is 9.10. The number of nitrogens with zero attached hydrogens (tertiary/aromatic N) is 3. The van der Waals surface area contributed by atoms with Crippen LogP contribution >= 0.6 is 15.9 Å². The average molecular weight is 319 g/mol. The molecule has 0 saturated heterocycles. The number of hydrogen-bond donors (Lipinski definition) is 1. The number of nitrogens with one attached hydrogen (secondary N) is 1. The van der Waals surface area contributed by atoms with Gasteiger partial charge in [-0.2, -0.15) is 10.4 Å². The van der Waals surface area contributed by atoms with Gasteiger partial charge in [0.15, 0.2) is 11.3 Å². The van der Waals surface area contributed by atoms with Crippen molar-refractivity contribution < 1.29 is 4.42 Å². The van der Waals surface area contributed by atoms with Gasteiger partial charge in [-0.25, -0.2) is 4.79 Å². The van der Waals surface area contributed by atoms with E-state index in [2.05, 4.69) is 26.0 Å². The minimum atomic E-state index is -0.492. The van der Waals surface area contributed by atoms with Crippen molar-refractivity contribution >= 4 is 27.0 Å². The summed E-state index contributed by atoms with van der Waals surface area (Å²) in [5.41, 5.74) is 3.01. The van der Waals surface area contributed by atoms with Crippen LogP contribution in [0.2, 0.25) is 0 Å². The topological polar surface area (TPSA) is 87.6 Å². The molecule has 0 radical (unpaired) electrons. The molecule has 0 bridgehead atoms. The van der Waals surface area contributed by atoms with Crippen LogP contribution in [0.3, 0.4) is 0 Å². The van der Waals surface area contributed by atoms with E-state index in [1.54, 1.807) is 23.9 Å². The van der Waals surface area contributed by atoms with Gasteiger partial charge in [-0.15, -0.1) is 0 Å². The Morgan fingerprint density at radius 2 is 2.32 bits per heavy atom. The Kier molecular flexibility index (Phi) is 2.54. The van der Waals surface area contributed by atoms with Crippen LogP contribution in [0, 0.1) is 11.3 Å². The van der Waals surface area contributed by atoms with Crippen molar-refractivity contribution in [1.82, 2.24) is 14.8 Å². The highest BCUT2D eigenvalue weighted by molar-refractivity contribution is 9.10. The molecule has 94 valence electrons. The number of oxazole rings is 1. The van der Waals surface area contributed by atoms with Crippen molar-refractivity contribution in [2.24, 2.45) is 7.05 Å². The number of fused-ring (bicyclic) bond motifs is 1. The second-order valence-electron chi connectivity index (χ2n) is 3.97. The van der Waals surface area contributed by atoms with Gasteiger partial charge in [-0.05, 0) is 34.1 Å². The highest BCUT2D eigenvalue weighted by Crippen LogP contribution is 2.31. The molecule has 2 heterocycles. The van der Waals surface area contributed by atoms with E-state index < -0.39 is 5.76 Å². The summed E-state index contributed by atoms with van der Waals surface area (Å²) in [5, 5.41) is 13.1. The fourth-order valence-corrected chi connectivity index (χ4v) is 2.64. The van der Waals surface area contributed by atoms with E-state index in [4.69, 9.17) is 9.68 Å². The Labute approximate surface area is 115 Å². The van der Waals surface area contributed by atoms with Gasteiger partial charge in [0.05, 0.1) is 15.7 Å². The second-order valence-corrected chi connectivity index (χ2v) is 4.77. The summed E-state index contributed by atoms with van der Waals surface area (Å²) >= 11 is 3.37. The summed E-state index contributed by atoms with van der Waals surface area (Å²) in [7, 11) is 1.75. The van der Waals surface area contributed by atoms with E-state index in [-0.39, 0.29) is 0 Å². The molecule has 2 aromatic heterocycles. The highest BCUT2D eigenvalue weighted by Gasteiger charge is 2.16. The van der Waals surface area contributed by atoms with Crippen molar-refractivity contribution in [3.63, 3.8) is 0 Å². The lowest BCUT2D eigenvalue weighted by atomic mass is 10.1. The second kappa shape index (κ2) is 4.10. The van der Waals surface area contributed by atoms with Gasteiger partial charge in [0.25, 0.3) is 0 Å². The number of rotatable bonds is 1.